The van der Waals surface area contributed by atoms with Gasteiger partial charge >= 0.3 is 5.97 Å². The predicted octanol–water partition coefficient (Wildman–Crippen LogP) is 2.33. The number of hydrogen-bond donors (Lipinski definition) is 0. The summed E-state index contributed by atoms with van der Waals surface area (Å²) in [6, 6.07) is 7.53. The summed E-state index contributed by atoms with van der Waals surface area (Å²) >= 11 is 0. The second-order valence-electron chi connectivity index (χ2n) is 4.34. The van der Waals surface area contributed by atoms with Gasteiger partial charge in [0.2, 0.25) is 0 Å². The van der Waals surface area contributed by atoms with Gasteiger partial charge in [0.15, 0.2) is 0 Å². The van der Waals surface area contributed by atoms with Gasteiger partial charge in [0.1, 0.15) is 5.75 Å². The van der Waals surface area contributed by atoms with E-state index in [0.717, 1.165) is 11.3 Å². The van der Waals surface area contributed by atoms with Crippen LogP contribution in [0.1, 0.15) is 18.4 Å². The van der Waals surface area contributed by atoms with Gasteiger partial charge < -0.3 is 14.4 Å². The molecule has 0 aromatic heterocycles. The number of carbonyl (C=O) groups is 1. The smallest absolute Gasteiger partial charge is 0.314 e. The molecule has 0 saturated carbocycles. The first kappa shape index (κ1) is 17.7. The third-order valence-electron chi connectivity index (χ3n) is 2.64. The van der Waals surface area contributed by atoms with E-state index in [0.29, 0.717) is 13.2 Å². The fraction of sp³-hybridized carbons (Fsp3) is 0.500. The number of ether oxygens (including phenoxy) is 2. The van der Waals surface area contributed by atoms with Crippen molar-refractivity contribution < 1.29 is 14.3 Å². The fourth-order valence-corrected chi connectivity index (χ4v) is 1.76. The molecule has 0 amide bonds. The molecule has 0 saturated heterocycles. The minimum atomic E-state index is -0.258. The summed E-state index contributed by atoms with van der Waals surface area (Å²) in [7, 11) is 5.50. The van der Waals surface area contributed by atoms with Crippen molar-refractivity contribution in [1.82, 2.24) is 4.90 Å². The summed E-state index contributed by atoms with van der Waals surface area (Å²) in [5, 5.41) is 0. The summed E-state index contributed by atoms with van der Waals surface area (Å²) in [5.74, 6) is 0.341. The maximum absolute atomic E-state index is 12.0. The highest BCUT2D eigenvalue weighted by Crippen LogP contribution is 2.21. The Kier molecular flexibility index (Phi) is 8.19. The van der Waals surface area contributed by atoms with Crippen molar-refractivity contribution in [1.29, 1.82) is 0 Å². The zero-order valence-electron chi connectivity index (χ0n) is 11.9. The molecule has 1 atom stereocenters. The fourth-order valence-electron chi connectivity index (χ4n) is 1.76. The standard InChI is InChI=1S/C14H21NO3.ClH/c1-5-18-14(16)13(10-15(2)3)11-6-8-12(17-4)9-7-11;/h6-9,13H,5,10H2,1-4H3;1H. The highest BCUT2D eigenvalue weighted by atomic mass is 35.5. The van der Waals surface area contributed by atoms with Crippen LogP contribution in [0, 0.1) is 0 Å². The van der Waals surface area contributed by atoms with Gasteiger partial charge in [-0.15, -0.1) is 12.4 Å². The third-order valence-corrected chi connectivity index (χ3v) is 2.64. The molecular formula is C14H22ClNO3. The number of carbonyl (C=O) groups excluding carboxylic acids is 1. The zero-order chi connectivity index (χ0) is 13.5. The molecule has 0 aliphatic heterocycles. The van der Waals surface area contributed by atoms with Crippen LogP contribution in [0.4, 0.5) is 0 Å². The van der Waals surface area contributed by atoms with Crippen molar-refractivity contribution >= 4 is 18.4 Å². The Morgan fingerprint density at radius 1 is 1.26 bits per heavy atom. The SMILES string of the molecule is CCOC(=O)C(CN(C)C)c1ccc(OC)cc1.Cl. The summed E-state index contributed by atoms with van der Waals surface area (Å²) in [6.45, 7) is 2.85. The Morgan fingerprint density at radius 2 is 1.84 bits per heavy atom. The Balaban J connectivity index is 0.00000324. The summed E-state index contributed by atoms with van der Waals surface area (Å²) in [4.78, 5) is 13.9. The van der Waals surface area contributed by atoms with Crippen LogP contribution >= 0.6 is 12.4 Å². The lowest BCUT2D eigenvalue weighted by molar-refractivity contribution is -0.145. The normalized spacial score (nSPS) is 11.6. The summed E-state index contributed by atoms with van der Waals surface area (Å²) in [5.41, 5.74) is 0.947. The average Bonchev–Trinajstić information content (AvgIpc) is 2.36. The van der Waals surface area contributed by atoms with Crippen molar-refractivity contribution in [2.24, 2.45) is 0 Å². The summed E-state index contributed by atoms with van der Waals surface area (Å²) in [6.07, 6.45) is 0. The third kappa shape index (κ3) is 5.49. The molecule has 0 radical (unpaired) electrons. The Hall–Kier alpha value is -1.26. The molecule has 19 heavy (non-hydrogen) atoms. The van der Waals surface area contributed by atoms with Gasteiger partial charge in [-0.3, -0.25) is 4.79 Å². The number of halogens is 1. The minimum Gasteiger partial charge on any atom is -0.497 e. The number of rotatable bonds is 6. The Bertz CT molecular complexity index is 379. The first-order chi connectivity index (χ1) is 8.58. The number of nitrogens with zero attached hydrogens (tertiary/aromatic N) is 1. The molecule has 0 spiro atoms. The van der Waals surface area contributed by atoms with E-state index in [2.05, 4.69) is 0 Å². The first-order valence-corrected chi connectivity index (χ1v) is 6.03. The van der Waals surface area contributed by atoms with E-state index in [-0.39, 0.29) is 24.3 Å². The largest absolute Gasteiger partial charge is 0.497 e. The van der Waals surface area contributed by atoms with E-state index < -0.39 is 0 Å². The quantitative estimate of drug-likeness (QED) is 0.753. The molecule has 1 rings (SSSR count). The first-order valence-electron chi connectivity index (χ1n) is 6.03. The molecular weight excluding hydrogens is 266 g/mol. The van der Waals surface area contributed by atoms with E-state index in [1.807, 2.05) is 50.2 Å². The van der Waals surface area contributed by atoms with Gasteiger partial charge in [-0.25, -0.2) is 0 Å². The predicted molar refractivity (Wildman–Crippen MR) is 78.2 cm³/mol. The molecule has 4 nitrogen and oxygen atoms in total. The van der Waals surface area contributed by atoms with E-state index in [1.54, 1.807) is 7.11 Å². The molecule has 0 heterocycles. The summed E-state index contributed by atoms with van der Waals surface area (Å²) < 4.78 is 10.2. The molecule has 0 aliphatic rings. The molecule has 0 aliphatic carbocycles. The number of likely N-dealkylation sites (N-methyl/N-ethyl adjacent to an activating group) is 1. The lowest BCUT2D eigenvalue weighted by Crippen LogP contribution is -2.27. The van der Waals surface area contributed by atoms with Gasteiger partial charge in [0, 0.05) is 6.54 Å². The van der Waals surface area contributed by atoms with Crippen LogP contribution in [-0.2, 0) is 9.53 Å². The monoisotopic (exact) mass is 287 g/mol. The molecule has 0 bridgehead atoms. The van der Waals surface area contributed by atoms with Gasteiger partial charge in [-0.2, -0.15) is 0 Å². The maximum atomic E-state index is 12.0. The molecule has 0 fully saturated rings. The average molecular weight is 288 g/mol. The molecule has 5 heteroatoms. The highest BCUT2D eigenvalue weighted by Gasteiger charge is 2.22. The van der Waals surface area contributed by atoms with Crippen molar-refractivity contribution in [3.8, 4) is 5.75 Å². The molecule has 0 N–H and O–H groups in total. The topological polar surface area (TPSA) is 38.8 Å². The van der Waals surface area contributed by atoms with E-state index >= 15 is 0 Å². The van der Waals surface area contributed by atoms with Crippen LogP contribution in [0.2, 0.25) is 0 Å². The van der Waals surface area contributed by atoms with Gasteiger partial charge in [0.25, 0.3) is 0 Å². The van der Waals surface area contributed by atoms with E-state index in [9.17, 15) is 4.79 Å². The van der Waals surface area contributed by atoms with Crippen LogP contribution in [0.15, 0.2) is 24.3 Å². The lowest BCUT2D eigenvalue weighted by atomic mass is 9.98. The zero-order valence-corrected chi connectivity index (χ0v) is 12.7. The molecule has 108 valence electrons. The molecule has 1 aromatic carbocycles. The van der Waals surface area contributed by atoms with Crippen LogP contribution in [0.3, 0.4) is 0 Å². The van der Waals surface area contributed by atoms with Crippen molar-refractivity contribution in [3.05, 3.63) is 29.8 Å². The van der Waals surface area contributed by atoms with E-state index in [1.165, 1.54) is 0 Å². The van der Waals surface area contributed by atoms with Gasteiger partial charge in [-0.1, -0.05) is 12.1 Å². The molecule has 1 aromatic rings. The molecule has 1 unspecified atom stereocenters. The second-order valence-corrected chi connectivity index (χ2v) is 4.34. The van der Waals surface area contributed by atoms with Gasteiger partial charge in [-0.05, 0) is 38.7 Å². The number of esters is 1. The lowest BCUT2D eigenvalue weighted by Gasteiger charge is -2.20. The van der Waals surface area contributed by atoms with Crippen molar-refractivity contribution in [2.45, 2.75) is 12.8 Å². The van der Waals surface area contributed by atoms with Crippen LogP contribution < -0.4 is 4.74 Å². The van der Waals surface area contributed by atoms with Crippen molar-refractivity contribution in [3.63, 3.8) is 0 Å². The maximum Gasteiger partial charge on any atom is 0.314 e. The van der Waals surface area contributed by atoms with Gasteiger partial charge in [0.05, 0.1) is 19.6 Å². The van der Waals surface area contributed by atoms with E-state index in [4.69, 9.17) is 9.47 Å². The minimum absolute atomic E-state index is 0. The second kappa shape index (κ2) is 8.77. The van der Waals surface area contributed by atoms with Crippen LogP contribution in [0.5, 0.6) is 5.75 Å². The number of hydrogen-bond acceptors (Lipinski definition) is 4. The number of benzene rings is 1. The number of methoxy groups -OCH3 is 1. The Morgan fingerprint density at radius 3 is 2.26 bits per heavy atom. The van der Waals surface area contributed by atoms with Crippen LogP contribution in [-0.4, -0.2) is 45.2 Å². The van der Waals surface area contributed by atoms with Crippen molar-refractivity contribution in [2.75, 3.05) is 34.4 Å². The Labute approximate surface area is 121 Å². The highest BCUT2D eigenvalue weighted by molar-refractivity contribution is 5.85. The van der Waals surface area contributed by atoms with Crippen LogP contribution in [0.25, 0.3) is 0 Å².